The smallest absolute Gasteiger partial charge is 0.342 e. The van der Waals surface area contributed by atoms with Crippen molar-refractivity contribution >= 4 is 11.9 Å². The SMILES string of the molecule is CCCC(O)C(C)C(=O)NCC=CCC(C)C(O)C(C)C(O)CC=CCC(C)C1Cc2cc(OC)cc(O)c2C(=O)O1. The van der Waals surface area contributed by atoms with E-state index in [2.05, 4.69) is 5.32 Å². The second-order valence-electron chi connectivity index (χ2n) is 11.7. The molecule has 1 aromatic rings. The number of hydrogen-bond donors (Lipinski definition) is 5. The zero-order valence-corrected chi connectivity index (χ0v) is 26.0. The van der Waals surface area contributed by atoms with Crippen LogP contribution in [-0.2, 0) is 16.0 Å². The lowest BCUT2D eigenvalue weighted by Gasteiger charge is -2.29. The van der Waals surface area contributed by atoms with E-state index in [9.17, 15) is 30.0 Å². The van der Waals surface area contributed by atoms with Crippen molar-refractivity contribution in [2.24, 2.45) is 23.7 Å². The molecular weight excluding hydrogens is 538 g/mol. The van der Waals surface area contributed by atoms with Gasteiger partial charge in [0.15, 0.2) is 0 Å². The molecule has 0 fully saturated rings. The Labute approximate surface area is 250 Å². The number of allylic oxidation sites excluding steroid dienone is 2. The van der Waals surface area contributed by atoms with Crippen molar-refractivity contribution in [3.63, 3.8) is 0 Å². The summed E-state index contributed by atoms with van der Waals surface area (Å²) in [5, 5.41) is 44.4. The number of benzene rings is 1. The molecular formula is C33H51NO8. The lowest BCUT2D eigenvalue weighted by atomic mass is 9.86. The van der Waals surface area contributed by atoms with Crippen LogP contribution in [0.5, 0.6) is 11.5 Å². The Hall–Kier alpha value is -2.88. The Morgan fingerprint density at radius 3 is 2.38 bits per heavy atom. The van der Waals surface area contributed by atoms with Crippen LogP contribution in [0.25, 0.3) is 0 Å². The van der Waals surface area contributed by atoms with Crippen LogP contribution < -0.4 is 10.1 Å². The van der Waals surface area contributed by atoms with Gasteiger partial charge in [-0.3, -0.25) is 4.79 Å². The van der Waals surface area contributed by atoms with Crippen LogP contribution in [0.2, 0.25) is 0 Å². The lowest BCUT2D eigenvalue weighted by Crippen LogP contribution is -2.36. The van der Waals surface area contributed by atoms with Crippen molar-refractivity contribution in [1.82, 2.24) is 5.32 Å². The minimum absolute atomic E-state index is 0.0214. The topological polar surface area (TPSA) is 146 Å². The Morgan fingerprint density at radius 1 is 1.05 bits per heavy atom. The van der Waals surface area contributed by atoms with Crippen molar-refractivity contribution in [1.29, 1.82) is 0 Å². The molecule has 0 radical (unpaired) electrons. The molecule has 1 amide bonds. The first-order valence-corrected chi connectivity index (χ1v) is 15.1. The van der Waals surface area contributed by atoms with Gasteiger partial charge in [0.25, 0.3) is 0 Å². The molecule has 0 saturated heterocycles. The number of aliphatic hydroxyl groups is 3. The second kappa shape index (κ2) is 17.3. The van der Waals surface area contributed by atoms with E-state index in [1.54, 1.807) is 13.0 Å². The molecule has 9 heteroatoms. The summed E-state index contributed by atoms with van der Waals surface area (Å²) >= 11 is 0. The highest BCUT2D eigenvalue weighted by Gasteiger charge is 2.32. The van der Waals surface area contributed by atoms with Gasteiger partial charge in [-0.15, -0.1) is 0 Å². The van der Waals surface area contributed by atoms with Crippen LogP contribution in [-0.4, -0.2) is 70.4 Å². The molecule has 0 saturated carbocycles. The monoisotopic (exact) mass is 589 g/mol. The van der Waals surface area contributed by atoms with Crippen molar-refractivity contribution in [2.45, 2.75) is 97.6 Å². The molecule has 1 aliphatic heterocycles. The summed E-state index contributed by atoms with van der Waals surface area (Å²) in [6.45, 7) is 9.80. The summed E-state index contributed by atoms with van der Waals surface area (Å²) < 4.78 is 10.8. The number of aliphatic hydroxyl groups excluding tert-OH is 3. The van der Waals surface area contributed by atoms with Gasteiger partial charge in [0.1, 0.15) is 23.2 Å². The zero-order chi connectivity index (χ0) is 31.4. The molecule has 236 valence electrons. The molecule has 9 nitrogen and oxygen atoms in total. The van der Waals surface area contributed by atoms with Gasteiger partial charge in [-0.1, -0.05) is 65.3 Å². The minimum Gasteiger partial charge on any atom is -0.507 e. The zero-order valence-electron chi connectivity index (χ0n) is 26.0. The predicted molar refractivity (Wildman–Crippen MR) is 162 cm³/mol. The van der Waals surface area contributed by atoms with E-state index in [-0.39, 0.29) is 41.1 Å². The molecule has 0 spiro atoms. The maximum atomic E-state index is 12.5. The Balaban J connectivity index is 1.76. The summed E-state index contributed by atoms with van der Waals surface area (Å²) in [5.41, 5.74) is 0.892. The van der Waals surface area contributed by atoms with Crippen LogP contribution in [0.1, 0.15) is 82.6 Å². The van der Waals surface area contributed by atoms with Crippen molar-refractivity contribution < 1.29 is 39.5 Å². The number of carbonyl (C=O) groups is 2. The van der Waals surface area contributed by atoms with Crippen LogP contribution in [0.4, 0.5) is 0 Å². The van der Waals surface area contributed by atoms with Gasteiger partial charge < -0.3 is 35.2 Å². The minimum atomic E-state index is -0.719. The summed E-state index contributed by atoms with van der Waals surface area (Å²) in [6, 6.07) is 3.16. The molecule has 1 aromatic carbocycles. The van der Waals surface area contributed by atoms with E-state index in [4.69, 9.17) is 9.47 Å². The third-order valence-corrected chi connectivity index (χ3v) is 8.35. The highest BCUT2D eigenvalue weighted by Crippen LogP contribution is 2.35. The highest BCUT2D eigenvalue weighted by atomic mass is 16.5. The van der Waals surface area contributed by atoms with Gasteiger partial charge in [0, 0.05) is 24.9 Å². The lowest BCUT2D eigenvalue weighted by molar-refractivity contribution is -0.127. The Kier molecular flexibility index (Phi) is 14.5. The number of amides is 1. The molecule has 1 aliphatic rings. The van der Waals surface area contributed by atoms with Gasteiger partial charge in [-0.25, -0.2) is 4.79 Å². The fourth-order valence-electron chi connectivity index (χ4n) is 5.18. The van der Waals surface area contributed by atoms with Gasteiger partial charge in [0.05, 0.1) is 31.3 Å². The van der Waals surface area contributed by atoms with Gasteiger partial charge in [-0.2, -0.15) is 0 Å². The van der Waals surface area contributed by atoms with Crippen LogP contribution in [0.15, 0.2) is 36.4 Å². The molecule has 0 bridgehead atoms. The number of aromatic hydroxyl groups is 1. The normalized spacial score (nSPS) is 20.3. The van der Waals surface area contributed by atoms with Gasteiger partial charge >= 0.3 is 5.97 Å². The van der Waals surface area contributed by atoms with E-state index in [0.29, 0.717) is 50.0 Å². The second-order valence-corrected chi connectivity index (χ2v) is 11.7. The Morgan fingerprint density at radius 2 is 1.71 bits per heavy atom. The highest BCUT2D eigenvalue weighted by molar-refractivity contribution is 5.95. The van der Waals surface area contributed by atoms with Crippen LogP contribution in [0, 0.1) is 23.7 Å². The summed E-state index contributed by atoms with van der Waals surface area (Å²) in [6.07, 6.45) is 8.72. The van der Waals surface area contributed by atoms with Crippen molar-refractivity contribution in [3.05, 3.63) is 47.6 Å². The fourth-order valence-corrected chi connectivity index (χ4v) is 5.18. The molecule has 42 heavy (non-hydrogen) atoms. The molecule has 0 aromatic heterocycles. The Bertz CT molecular complexity index is 1070. The first-order valence-electron chi connectivity index (χ1n) is 15.1. The number of fused-ring (bicyclic) bond motifs is 1. The summed E-state index contributed by atoms with van der Waals surface area (Å²) in [5.74, 6) is -1.24. The predicted octanol–water partition coefficient (Wildman–Crippen LogP) is 4.31. The molecule has 2 rings (SSSR count). The van der Waals surface area contributed by atoms with E-state index >= 15 is 0 Å². The quantitative estimate of drug-likeness (QED) is 0.134. The number of ether oxygens (including phenoxy) is 2. The molecule has 8 unspecified atom stereocenters. The van der Waals surface area contributed by atoms with Crippen molar-refractivity contribution in [3.8, 4) is 11.5 Å². The van der Waals surface area contributed by atoms with E-state index in [0.717, 1.165) is 6.42 Å². The number of phenols is 1. The number of methoxy groups -OCH3 is 1. The third-order valence-electron chi connectivity index (χ3n) is 8.35. The molecule has 5 N–H and O–H groups in total. The van der Waals surface area contributed by atoms with Gasteiger partial charge in [-0.05, 0) is 49.1 Å². The third kappa shape index (κ3) is 10.1. The first kappa shape index (κ1) is 35.3. The van der Waals surface area contributed by atoms with E-state index in [1.807, 2.05) is 52.0 Å². The van der Waals surface area contributed by atoms with Gasteiger partial charge in [0.2, 0.25) is 5.91 Å². The van der Waals surface area contributed by atoms with Crippen LogP contribution >= 0.6 is 0 Å². The fraction of sp³-hybridized carbons (Fsp3) is 0.636. The number of cyclic esters (lactones) is 1. The molecule has 0 aliphatic carbocycles. The van der Waals surface area contributed by atoms with Crippen molar-refractivity contribution in [2.75, 3.05) is 13.7 Å². The number of esters is 1. The number of nitrogens with one attached hydrogen (secondary N) is 1. The maximum absolute atomic E-state index is 12.5. The largest absolute Gasteiger partial charge is 0.507 e. The standard InChI is InChI=1S/C33H51NO8/c1-7-12-26(35)23(5)32(39)34-16-11-10-14-21(3)31(38)22(4)27(36)15-9-8-13-20(2)29-18-24-17-25(41-6)19-28(37)30(24)33(40)42-29/h8-11,17,19-23,26-27,29,31,35-38H,7,12-16,18H2,1-6H3,(H,34,39). The number of hydrogen-bond acceptors (Lipinski definition) is 8. The maximum Gasteiger partial charge on any atom is 0.342 e. The van der Waals surface area contributed by atoms with Crippen LogP contribution in [0.3, 0.4) is 0 Å². The number of rotatable bonds is 17. The van der Waals surface area contributed by atoms with E-state index < -0.39 is 30.2 Å². The number of phenolic OH excluding ortho intramolecular Hbond substituents is 1. The first-order chi connectivity index (χ1) is 19.9. The molecule has 8 atom stereocenters. The average molecular weight is 590 g/mol. The number of carbonyl (C=O) groups excluding carboxylic acids is 2. The summed E-state index contributed by atoms with van der Waals surface area (Å²) in [4.78, 5) is 24.6. The summed E-state index contributed by atoms with van der Waals surface area (Å²) in [7, 11) is 1.51. The average Bonchev–Trinajstić information content (AvgIpc) is 2.96. The molecule has 1 heterocycles. The van der Waals surface area contributed by atoms with E-state index in [1.165, 1.54) is 13.2 Å².